The highest BCUT2D eigenvalue weighted by atomic mass is 16.5. The molecule has 6 heteroatoms. The number of hydrogen-bond donors (Lipinski definition) is 1. The van der Waals surface area contributed by atoms with Crippen LogP contribution in [0.1, 0.15) is 33.9 Å². The Hall–Kier alpha value is -3.80. The zero-order valence-electron chi connectivity index (χ0n) is 17.5. The van der Waals surface area contributed by atoms with Crippen LogP contribution in [0.25, 0.3) is 0 Å². The number of benzene rings is 3. The van der Waals surface area contributed by atoms with Gasteiger partial charge in [-0.15, -0.1) is 0 Å². The van der Waals surface area contributed by atoms with Gasteiger partial charge in [0.1, 0.15) is 11.5 Å². The van der Waals surface area contributed by atoms with Crippen molar-refractivity contribution < 1.29 is 19.1 Å². The van der Waals surface area contributed by atoms with Crippen LogP contribution in [-0.2, 0) is 11.3 Å². The number of carbonyl (C=O) groups is 2. The summed E-state index contributed by atoms with van der Waals surface area (Å²) in [5.41, 5.74) is 3.19. The van der Waals surface area contributed by atoms with Gasteiger partial charge in [0.2, 0.25) is 5.91 Å². The fourth-order valence-electron chi connectivity index (χ4n) is 3.85. The summed E-state index contributed by atoms with van der Waals surface area (Å²) in [7, 11) is 3.19. The third kappa shape index (κ3) is 4.38. The molecule has 1 N–H and O–H groups in total. The molecule has 0 fully saturated rings. The summed E-state index contributed by atoms with van der Waals surface area (Å²) in [6, 6.07) is 21.8. The smallest absolute Gasteiger partial charge is 0.255 e. The number of hydrogen-bond acceptors (Lipinski definition) is 4. The molecule has 0 saturated heterocycles. The molecule has 6 nitrogen and oxygen atoms in total. The molecule has 2 amide bonds. The molecule has 1 aliphatic rings. The Kier molecular flexibility index (Phi) is 5.89. The van der Waals surface area contributed by atoms with Crippen molar-refractivity contribution in [1.29, 1.82) is 0 Å². The zero-order valence-corrected chi connectivity index (χ0v) is 17.5. The van der Waals surface area contributed by atoms with E-state index in [1.54, 1.807) is 31.3 Å². The van der Waals surface area contributed by atoms with E-state index in [0.29, 0.717) is 23.5 Å². The van der Waals surface area contributed by atoms with Gasteiger partial charge in [-0.05, 0) is 41.5 Å². The predicted octanol–water partition coefficient (Wildman–Crippen LogP) is 4.43. The second kappa shape index (κ2) is 8.92. The quantitative estimate of drug-likeness (QED) is 0.619. The van der Waals surface area contributed by atoms with Gasteiger partial charge in [0.05, 0.1) is 26.7 Å². The van der Waals surface area contributed by atoms with Crippen molar-refractivity contribution >= 4 is 17.5 Å². The van der Waals surface area contributed by atoms with E-state index in [1.807, 2.05) is 60.7 Å². The number of nitrogens with one attached hydrogen (secondary N) is 1. The van der Waals surface area contributed by atoms with Crippen molar-refractivity contribution in [2.24, 2.45) is 0 Å². The molecule has 0 unspecified atom stereocenters. The molecule has 0 bridgehead atoms. The molecule has 0 aromatic heterocycles. The van der Waals surface area contributed by atoms with Gasteiger partial charge in [-0.25, -0.2) is 0 Å². The van der Waals surface area contributed by atoms with Gasteiger partial charge in [-0.3, -0.25) is 9.59 Å². The van der Waals surface area contributed by atoms with Crippen LogP contribution in [0, 0.1) is 0 Å². The highest BCUT2D eigenvalue weighted by molar-refractivity contribution is 5.99. The second-order valence-corrected chi connectivity index (χ2v) is 7.36. The third-order valence-corrected chi connectivity index (χ3v) is 5.46. The maximum atomic E-state index is 13.1. The predicted molar refractivity (Wildman–Crippen MR) is 118 cm³/mol. The van der Waals surface area contributed by atoms with Crippen LogP contribution in [-0.4, -0.2) is 30.9 Å². The second-order valence-electron chi connectivity index (χ2n) is 7.36. The standard InChI is InChI=1S/C25H24N2O4/c1-30-20-12-10-17(11-13-20)23(27-16-18-6-3-4-9-22(18)25(27)29)15-24(28)26-19-7-5-8-21(14-19)31-2/h3-14,23H,15-16H2,1-2H3,(H,26,28)/t23-/m1/s1. The largest absolute Gasteiger partial charge is 0.497 e. The monoisotopic (exact) mass is 416 g/mol. The van der Waals surface area contributed by atoms with Crippen molar-refractivity contribution in [2.75, 3.05) is 19.5 Å². The molecule has 0 spiro atoms. The fourth-order valence-corrected chi connectivity index (χ4v) is 3.85. The lowest BCUT2D eigenvalue weighted by molar-refractivity contribution is -0.117. The van der Waals surface area contributed by atoms with Crippen LogP contribution in [0.4, 0.5) is 5.69 Å². The maximum absolute atomic E-state index is 13.1. The average molecular weight is 416 g/mol. The maximum Gasteiger partial charge on any atom is 0.255 e. The minimum absolute atomic E-state index is 0.0643. The number of rotatable bonds is 7. The molecule has 1 aliphatic heterocycles. The first kappa shape index (κ1) is 20.5. The number of anilines is 1. The molecule has 158 valence electrons. The summed E-state index contributed by atoms with van der Waals surface area (Å²) in [5.74, 6) is 1.14. The third-order valence-electron chi connectivity index (χ3n) is 5.46. The zero-order chi connectivity index (χ0) is 21.8. The van der Waals surface area contributed by atoms with E-state index in [0.717, 1.165) is 16.9 Å². The Morgan fingerprint density at radius 2 is 1.71 bits per heavy atom. The van der Waals surface area contributed by atoms with Gasteiger partial charge >= 0.3 is 0 Å². The van der Waals surface area contributed by atoms with E-state index in [-0.39, 0.29) is 18.2 Å². The normalized spacial score (nSPS) is 13.5. The lowest BCUT2D eigenvalue weighted by atomic mass is 10.0. The molecule has 31 heavy (non-hydrogen) atoms. The van der Waals surface area contributed by atoms with Crippen molar-refractivity contribution in [3.63, 3.8) is 0 Å². The Morgan fingerprint density at radius 1 is 0.968 bits per heavy atom. The van der Waals surface area contributed by atoms with Gasteiger partial charge in [0, 0.05) is 23.9 Å². The molecular weight excluding hydrogens is 392 g/mol. The van der Waals surface area contributed by atoms with Crippen LogP contribution in [0.5, 0.6) is 11.5 Å². The topological polar surface area (TPSA) is 67.9 Å². The molecule has 1 heterocycles. The van der Waals surface area contributed by atoms with Crippen molar-refractivity contribution in [3.8, 4) is 11.5 Å². The van der Waals surface area contributed by atoms with E-state index < -0.39 is 6.04 Å². The average Bonchev–Trinajstić information content (AvgIpc) is 3.14. The molecule has 3 aromatic carbocycles. The van der Waals surface area contributed by atoms with Crippen LogP contribution in [0.3, 0.4) is 0 Å². The molecule has 0 aliphatic carbocycles. The van der Waals surface area contributed by atoms with E-state index >= 15 is 0 Å². The number of ether oxygens (including phenoxy) is 2. The number of fused-ring (bicyclic) bond motifs is 1. The van der Waals surface area contributed by atoms with E-state index in [2.05, 4.69) is 5.32 Å². The highest BCUT2D eigenvalue weighted by Gasteiger charge is 2.34. The summed E-state index contributed by atoms with van der Waals surface area (Å²) in [5, 5.41) is 2.92. The number of amides is 2. The first-order valence-corrected chi connectivity index (χ1v) is 10.1. The van der Waals surface area contributed by atoms with Crippen LogP contribution in [0.2, 0.25) is 0 Å². The van der Waals surface area contributed by atoms with Gasteiger partial charge in [0.15, 0.2) is 0 Å². The van der Waals surface area contributed by atoms with Gasteiger partial charge < -0.3 is 19.7 Å². The summed E-state index contributed by atoms with van der Waals surface area (Å²) in [6.07, 6.45) is 0.128. The Bertz CT molecular complexity index is 1090. The molecule has 1 atom stereocenters. The fraction of sp³-hybridized carbons (Fsp3) is 0.200. The molecule has 4 rings (SSSR count). The minimum Gasteiger partial charge on any atom is -0.497 e. The first-order valence-electron chi connectivity index (χ1n) is 10.1. The first-order chi connectivity index (χ1) is 15.1. The van der Waals surface area contributed by atoms with Crippen molar-refractivity contribution in [2.45, 2.75) is 19.0 Å². The summed E-state index contributed by atoms with van der Waals surface area (Å²) >= 11 is 0. The molecular formula is C25H24N2O4. The van der Waals surface area contributed by atoms with E-state index in [4.69, 9.17) is 9.47 Å². The van der Waals surface area contributed by atoms with Crippen LogP contribution >= 0.6 is 0 Å². The number of carbonyl (C=O) groups excluding carboxylic acids is 2. The lowest BCUT2D eigenvalue weighted by Crippen LogP contribution is -2.32. The van der Waals surface area contributed by atoms with Gasteiger partial charge in [0.25, 0.3) is 5.91 Å². The van der Waals surface area contributed by atoms with Gasteiger partial charge in [-0.1, -0.05) is 36.4 Å². The molecule has 0 saturated carbocycles. The van der Waals surface area contributed by atoms with E-state index in [9.17, 15) is 9.59 Å². The van der Waals surface area contributed by atoms with Crippen LogP contribution < -0.4 is 14.8 Å². The van der Waals surface area contributed by atoms with E-state index in [1.165, 1.54) is 0 Å². The molecule has 3 aromatic rings. The number of nitrogens with zero attached hydrogens (tertiary/aromatic N) is 1. The van der Waals surface area contributed by atoms with Crippen molar-refractivity contribution in [3.05, 3.63) is 89.5 Å². The lowest BCUT2D eigenvalue weighted by Gasteiger charge is -2.28. The molecule has 0 radical (unpaired) electrons. The SMILES string of the molecule is COc1ccc([C@@H](CC(=O)Nc2cccc(OC)c2)N2Cc3ccccc3C2=O)cc1. The van der Waals surface area contributed by atoms with Crippen molar-refractivity contribution in [1.82, 2.24) is 4.90 Å². The summed E-state index contributed by atoms with van der Waals surface area (Å²) in [4.78, 5) is 27.8. The minimum atomic E-state index is -0.406. The Labute approximate surface area is 181 Å². The summed E-state index contributed by atoms with van der Waals surface area (Å²) < 4.78 is 10.5. The highest BCUT2D eigenvalue weighted by Crippen LogP contribution is 2.34. The Morgan fingerprint density at radius 3 is 2.42 bits per heavy atom. The number of methoxy groups -OCH3 is 2. The van der Waals surface area contributed by atoms with Gasteiger partial charge in [-0.2, -0.15) is 0 Å². The Balaban J connectivity index is 1.59. The summed E-state index contributed by atoms with van der Waals surface area (Å²) in [6.45, 7) is 0.470. The van der Waals surface area contributed by atoms with Crippen LogP contribution in [0.15, 0.2) is 72.8 Å².